The molecule has 11 heteroatoms. The monoisotopic (exact) mass is 524 g/mol. The van der Waals surface area contributed by atoms with Gasteiger partial charge in [0, 0.05) is 18.7 Å². The normalized spacial score (nSPS) is 11.3. The molecule has 1 aromatic heterocycles. The first-order valence-electron chi connectivity index (χ1n) is 11.1. The fourth-order valence-electron chi connectivity index (χ4n) is 3.65. The summed E-state index contributed by atoms with van der Waals surface area (Å²) in [5, 5.41) is 18.2. The molecule has 0 bridgehead atoms. The Morgan fingerprint density at radius 3 is 2.41 bits per heavy atom. The second kappa shape index (κ2) is 10.7. The number of phenols is 1. The molecule has 0 spiro atoms. The van der Waals surface area contributed by atoms with Crippen LogP contribution in [0.3, 0.4) is 0 Å². The number of nitrogens with two attached hydrogens (primary N) is 1. The Kier molecular flexibility index (Phi) is 7.46. The Morgan fingerprint density at radius 2 is 1.76 bits per heavy atom. The maximum atomic E-state index is 13.0. The maximum Gasteiger partial charge on any atom is 0.257 e. The molecule has 37 heavy (non-hydrogen) atoms. The molecule has 192 valence electrons. The number of fused-ring (bicyclic) bond motifs is 1. The first kappa shape index (κ1) is 25.7. The van der Waals surface area contributed by atoms with Gasteiger partial charge in [0.1, 0.15) is 34.5 Å². The summed E-state index contributed by atoms with van der Waals surface area (Å²) < 4.78 is 38.8. The molecular formula is C26H24N2O8S. The van der Waals surface area contributed by atoms with Crippen molar-refractivity contribution in [1.82, 2.24) is 5.32 Å². The molecule has 10 nitrogen and oxygen atoms in total. The van der Waals surface area contributed by atoms with E-state index in [0.717, 1.165) is 5.56 Å². The Balaban J connectivity index is 1.37. The zero-order chi connectivity index (χ0) is 26.6. The van der Waals surface area contributed by atoms with E-state index in [9.17, 15) is 23.1 Å². The van der Waals surface area contributed by atoms with Gasteiger partial charge in [-0.25, -0.2) is 13.6 Å². The van der Waals surface area contributed by atoms with E-state index in [-0.39, 0.29) is 39.5 Å². The summed E-state index contributed by atoms with van der Waals surface area (Å²) in [6.07, 6.45) is 1.77. The Bertz CT molecular complexity index is 1600. The molecule has 4 rings (SSSR count). The highest BCUT2D eigenvalue weighted by Crippen LogP contribution is 2.30. The summed E-state index contributed by atoms with van der Waals surface area (Å²) in [6, 6.07) is 15.6. The number of carbonyl (C=O) groups excluding carboxylic acids is 1. The molecule has 4 aromatic rings. The van der Waals surface area contributed by atoms with Crippen LogP contribution < -0.4 is 25.4 Å². The maximum absolute atomic E-state index is 13.0. The fourth-order valence-corrected chi connectivity index (χ4v) is 4.17. The van der Waals surface area contributed by atoms with Gasteiger partial charge in [0.25, 0.3) is 5.91 Å². The highest BCUT2D eigenvalue weighted by molar-refractivity contribution is 7.89. The first-order chi connectivity index (χ1) is 17.7. The fraction of sp³-hybridized carbons (Fsp3) is 0.154. The zero-order valence-electron chi connectivity index (χ0n) is 19.8. The standard InChI is InChI=1S/C26H24N2O8S/c1-34-18-6-4-17(5-7-18)21-14-36-23-13-19(12-22(29)25(23)26(21)31)35-15-24(30)28-11-10-16-2-8-20(9-3-16)37(27,32)33/h2-9,12-14,29H,10-11,15H2,1H3,(H,28,30)(H2,27,32,33). The highest BCUT2D eigenvalue weighted by atomic mass is 32.2. The minimum Gasteiger partial charge on any atom is -0.507 e. The van der Waals surface area contributed by atoms with Gasteiger partial charge in [-0.2, -0.15) is 0 Å². The number of ether oxygens (including phenoxy) is 2. The Morgan fingerprint density at radius 1 is 1.05 bits per heavy atom. The third-order valence-electron chi connectivity index (χ3n) is 5.59. The number of benzene rings is 3. The summed E-state index contributed by atoms with van der Waals surface area (Å²) in [6.45, 7) is -0.0354. The third-order valence-corrected chi connectivity index (χ3v) is 6.52. The minimum atomic E-state index is -3.76. The van der Waals surface area contributed by atoms with Crippen LogP contribution in [0.5, 0.6) is 17.2 Å². The number of aromatic hydroxyl groups is 1. The predicted molar refractivity (Wildman–Crippen MR) is 136 cm³/mol. The SMILES string of the molecule is COc1ccc(-c2coc3cc(OCC(=O)NCCc4ccc(S(N)(=O)=O)cc4)cc(O)c3c2=O)cc1. The topological polar surface area (TPSA) is 158 Å². The molecule has 0 unspecified atom stereocenters. The highest BCUT2D eigenvalue weighted by Gasteiger charge is 2.15. The molecule has 1 heterocycles. The van der Waals surface area contributed by atoms with Crippen LogP contribution in [0.15, 0.2) is 81.0 Å². The third kappa shape index (κ3) is 6.08. The second-order valence-corrected chi connectivity index (χ2v) is 9.66. The van der Waals surface area contributed by atoms with E-state index in [0.29, 0.717) is 24.3 Å². The molecular weight excluding hydrogens is 500 g/mol. The molecule has 3 aromatic carbocycles. The summed E-state index contributed by atoms with van der Waals surface area (Å²) in [5.41, 5.74) is 1.40. The van der Waals surface area contributed by atoms with Crippen LogP contribution in [-0.4, -0.2) is 39.7 Å². The Hall–Kier alpha value is -4.35. The first-order valence-corrected chi connectivity index (χ1v) is 12.6. The van der Waals surface area contributed by atoms with E-state index < -0.39 is 21.4 Å². The lowest BCUT2D eigenvalue weighted by molar-refractivity contribution is -0.123. The van der Waals surface area contributed by atoms with Gasteiger partial charge in [0.15, 0.2) is 6.61 Å². The van der Waals surface area contributed by atoms with Crippen molar-refractivity contribution in [2.45, 2.75) is 11.3 Å². The number of hydrogen-bond donors (Lipinski definition) is 3. The Labute approximate surface area is 212 Å². The van der Waals surface area contributed by atoms with E-state index in [2.05, 4.69) is 5.32 Å². The molecule has 0 aliphatic carbocycles. The number of carbonyl (C=O) groups is 1. The van der Waals surface area contributed by atoms with Gasteiger partial charge in [0.05, 0.1) is 17.6 Å². The molecule has 1 amide bonds. The molecule has 0 saturated heterocycles. The van der Waals surface area contributed by atoms with E-state index in [1.807, 2.05) is 0 Å². The van der Waals surface area contributed by atoms with Crippen LogP contribution >= 0.6 is 0 Å². The number of hydrogen-bond acceptors (Lipinski definition) is 8. The lowest BCUT2D eigenvalue weighted by atomic mass is 10.0. The van der Waals surface area contributed by atoms with Crippen molar-refractivity contribution in [2.75, 3.05) is 20.3 Å². The van der Waals surface area contributed by atoms with E-state index in [1.54, 1.807) is 43.5 Å². The van der Waals surface area contributed by atoms with Gasteiger partial charge < -0.3 is 24.3 Å². The van der Waals surface area contributed by atoms with Crippen molar-refractivity contribution in [3.63, 3.8) is 0 Å². The van der Waals surface area contributed by atoms with Gasteiger partial charge >= 0.3 is 0 Å². The van der Waals surface area contributed by atoms with Crippen LogP contribution in [0.1, 0.15) is 5.56 Å². The lowest BCUT2D eigenvalue weighted by Crippen LogP contribution is -2.30. The van der Waals surface area contributed by atoms with Crippen molar-refractivity contribution in [1.29, 1.82) is 0 Å². The van der Waals surface area contributed by atoms with Gasteiger partial charge in [-0.1, -0.05) is 24.3 Å². The molecule has 0 radical (unpaired) electrons. The van der Waals surface area contributed by atoms with E-state index in [1.165, 1.54) is 30.5 Å². The van der Waals surface area contributed by atoms with Crippen LogP contribution in [-0.2, 0) is 21.2 Å². The summed E-state index contributed by atoms with van der Waals surface area (Å²) in [5.74, 6) is 0.0532. The molecule has 0 aliphatic heterocycles. The van der Waals surface area contributed by atoms with Crippen LogP contribution in [0.2, 0.25) is 0 Å². The van der Waals surface area contributed by atoms with Crippen molar-refractivity contribution in [2.24, 2.45) is 5.14 Å². The van der Waals surface area contributed by atoms with Crippen LogP contribution in [0, 0.1) is 0 Å². The van der Waals surface area contributed by atoms with Crippen molar-refractivity contribution < 1.29 is 32.2 Å². The number of primary sulfonamides is 1. The van der Waals surface area contributed by atoms with Crippen molar-refractivity contribution >= 4 is 26.9 Å². The minimum absolute atomic E-state index is 0.00132. The summed E-state index contributed by atoms with van der Waals surface area (Å²) >= 11 is 0. The zero-order valence-corrected chi connectivity index (χ0v) is 20.6. The van der Waals surface area contributed by atoms with Gasteiger partial charge in [-0.15, -0.1) is 0 Å². The van der Waals surface area contributed by atoms with Gasteiger partial charge in [0.2, 0.25) is 15.5 Å². The van der Waals surface area contributed by atoms with Crippen molar-refractivity contribution in [3.8, 4) is 28.4 Å². The summed E-state index contributed by atoms with van der Waals surface area (Å²) in [7, 11) is -2.21. The van der Waals surface area contributed by atoms with Crippen molar-refractivity contribution in [3.05, 3.63) is 82.7 Å². The smallest absolute Gasteiger partial charge is 0.257 e. The average Bonchev–Trinajstić information content (AvgIpc) is 2.87. The van der Waals surface area contributed by atoms with E-state index >= 15 is 0 Å². The van der Waals surface area contributed by atoms with Crippen LogP contribution in [0.25, 0.3) is 22.1 Å². The summed E-state index contributed by atoms with van der Waals surface area (Å²) in [4.78, 5) is 25.2. The molecule has 0 aliphatic rings. The van der Waals surface area contributed by atoms with Gasteiger partial charge in [-0.3, -0.25) is 9.59 Å². The molecule has 4 N–H and O–H groups in total. The number of sulfonamides is 1. The predicted octanol–water partition coefficient (Wildman–Crippen LogP) is 2.56. The molecule has 0 fully saturated rings. The number of rotatable bonds is 9. The van der Waals surface area contributed by atoms with Gasteiger partial charge in [-0.05, 0) is 41.8 Å². The number of phenolic OH excluding ortho intramolecular Hbond substituents is 1. The quantitative estimate of drug-likeness (QED) is 0.301. The molecule has 0 saturated carbocycles. The molecule has 0 atom stereocenters. The van der Waals surface area contributed by atoms with Crippen LogP contribution in [0.4, 0.5) is 0 Å². The number of nitrogens with one attached hydrogen (secondary N) is 1. The second-order valence-electron chi connectivity index (χ2n) is 8.10. The largest absolute Gasteiger partial charge is 0.507 e. The van der Waals surface area contributed by atoms with E-state index in [4.69, 9.17) is 19.0 Å². The lowest BCUT2D eigenvalue weighted by Gasteiger charge is -2.10. The number of amides is 1. The number of methoxy groups -OCH3 is 1. The average molecular weight is 525 g/mol.